The number of hydrogen-bond acceptors (Lipinski definition) is 4. The van der Waals surface area contributed by atoms with Crippen LogP contribution >= 0.6 is 0 Å². The van der Waals surface area contributed by atoms with E-state index in [1.54, 1.807) is 38.4 Å². The van der Waals surface area contributed by atoms with Crippen molar-refractivity contribution >= 4 is 11.9 Å². The predicted molar refractivity (Wildman–Crippen MR) is 116 cm³/mol. The first-order valence-corrected chi connectivity index (χ1v) is 10.6. The second-order valence-corrected chi connectivity index (χ2v) is 8.23. The van der Waals surface area contributed by atoms with Crippen molar-refractivity contribution in [3.8, 4) is 5.75 Å². The number of likely N-dealkylation sites (tertiary alicyclic amines) is 1. The van der Waals surface area contributed by atoms with Crippen LogP contribution in [-0.2, 0) is 0 Å². The second kappa shape index (κ2) is 10.7. The van der Waals surface area contributed by atoms with Crippen LogP contribution in [0.3, 0.4) is 0 Å². The molecule has 0 aliphatic carbocycles. The third-order valence-corrected chi connectivity index (χ3v) is 5.77. The van der Waals surface area contributed by atoms with Gasteiger partial charge in [0.15, 0.2) is 0 Å². The van der Waals surface area contributed by atoms with Crippen molar-refractivity contribution in [3.63, 3.8) is 0 Å². The SMILES string of the molecule is CCCN1CCC(/C(C=Nc2ccc(OC(F)(F)C(C)C(C)C)cc2)=C/N)CC1. The Morgan fingerprint density at radius 3 is 2.38 bits per heavy atom. The largest absolute Gasteiger partial charge is 0.432 e. The molecule has 1 saturated heterocycles. The molecule has 6 heteroatoms. The third kappa shape index (κ3) is 6.81. The van der Waals surface area contributed by atoms with E-state index in [9.17, 15) is 8.78 Å². The lowest BCUT2D eigenvalue weighted by Gasteiger charge is -2.32. The lowest BCUT2D eigenvalue weighted by atomic mass is 9.90. The molecule has 1 unspecified atom stereocenters. The number of benzene rings is 1. The van der Waals surface area contributed by atoms with E-state index in [0.717, 1.165) is 38.0 Å². The average Bonchev–Trinajstić information content (AvgIpc) is 2.70. The van der Waals surface area contributed by atoms with Crippen LogP contribution in [0.5, 0.6) is 5.75 Å². The Morgan fingerprint density at radius 1 is 1.24 bits per heavy atom. The fraction of sp³-hybridized carbons (Fsp3) is 0.609. The molecule has 2 N–H and O–H groups in total. The van der Waals surface area contributed by atoms with Gasteiger partial charge in [0.1, 0.15) is 5.75 Å². The van der Waals surface area contributed by atoms with Gasteiger partial charge < -0.3 is 15.4 Å². The van der Waals surface area contributed by atoms with E-state index < -0.39 is 12.0 Å². The van der Waals surface area contributed by atoms with Crippen molar-refractivity contribution in [2.75, 3.05) is 19.6 Å². The molecule has 4 nitrogen and oxygen atoms in total. The van der Waals surface area contributed by atoms with E-state index in [4.69, 9.17) is 10.5 Å². The zero-order valence-electron chi connectivity index (χ0n) is 18.1. The maximum atomic E-state index is 14.2. The van der Waals surface area contributed by atoms with Gasteiger partial charge in [0, 0.05) is 6.21 Å². The van der Waals surface area contributed by atoms with Crippen LogP contribution in [0, 0.1) is 17.8 Å². The van der Waals surface area contributed by atoms with Crippen LogP contribution < -0.4 is 10.5 Å². The van der Waals surface area contributed by atoms with Gasteiger partial charge in [-0.3, -0.25) is 4.99 Å². The van der Waals surface area contributed by atoms with Gasteiger partial charge in [0.05, 0.1) is 11.6 Å². The highest BCUT2D eigenvalue weighted by Gasteiger charge is 2.40. The number of nitrogens with zero attached hydrogens (tertiary/aromatic N) is 2. The molecule has 1 fully saturated rings. The Bertz CT molecular complexity index is 678. The molecule has 0 amide bonds. The molecule has 1 aliphatic rings. The van der Waals surface area contributed by atoms with Crippen molar-refractivity contribution in [2.24, 2.45) is 28.5 Å². The lowest BCUT2D eigenvalue weighted by Crippen LogP contribution is -2.35. The minimum atomic E-state index is -3.21. The smallest absolute Gasteiger partial charge is 0.400 e. The number of aliphatic imine (C=N–C) groups is 1. The fourth-order valence-corrected chi connectivity index (χ4v) is 3.48. The van der Waals surface area contributed by atoms with Gasteiger partial charge in [-0.1, -0.05) is 27.7 Å². The average molecular weight is 408 g/mol. The number of rotatable bonds is 9. The van der Waals surface area contributed by atoms with Crippen LogP contribution in [0.15, 0.2) is 41.0 Å². The number of nitrogens with two attached hydrogens (primary N) is 1. The van der Waals surface area contributed by atoms with E-state index >= 15 is 0 Å². The number of piperidine rings is 1. The maximum Gasteiger partial charge on any atom is 0.400 e. The summed E-state index contributed by atoms with van der Waals surface area (Å²) in [6.45, 7) is 10.5. The summed E-state index contributed by atoms with van der Waals surface area (Å²) >= 11 is 0. The molecule has 0 aromatic heterocycles. The van der Waals surface area contributed by atoms with Gasteiger partial charge in [-0.05, 0) is 86.8 Å². The second-order valence-electron chi connectivity index (χ2n) is 8.23. The van der Waals surface area contributed by atoms with E-state index in [-0.39, 0.29) is 11.7 Å². The summed E-state index contributed by atoms with van der Waals surface area (Å²) in [7, 11) is 0. The van der Waals surface area contributed by atoms with Gasteiger partial charge in [0.25, 0.3) is 0 Å². The molecule has 1 atom stereocenters. The molecule has 0 saturated carbocycles. The zero-order valence-corrected chi connectivity index (χ0v) is 18.1. The van der Waals surface area contributed by atoms with Gasteiger partial charge in [0.2, 0.25) is 0 Å². The minimum Gasteiger partial charge on any atom is -0.432 e. The van der Waals surface area contributed by atoms with Crippen LogP contribution in [-0.4, -0.2) is 36.9 Å². The van der Waals surface area contributed by atoms with Crippen LogP contribution in [0.2, 0.25) is 0 Å². The molecule has 1 aromatic carbocycles. The van der Waals surface area contributed by atoms with Crippen molar-refractivity contribution in [3.05, 3.63) is 36.0 Å². The number of hydrogen-bond donors (Lipinski definition) is 1. The quantitative estimate of drug-likeness (QED) is 0.541. The van der Waals surface area contributed by atoms with E-state index in [1.165, 1.54) is 25.5 Å². The number of ether oxygens (including phenoxy) is 1. The fourth-order valence-electron chi connectivity index (χ4n) is 3.48. The van der Waals surface area contributed by atoms with Crippen molar-refractivity contribution < 1.29 is 13.5 Å². The van der Waals surface area contributed by atoms with Crippen molar-refractivity contribution in [1.29, 1.82) is 0 Å². The molecule has 0 spiro atoms. The van der Waals surface area contributed by atoms with E-state index in [1.807, 2.05) is 0 Å². The number of halogens is 2. The molecule has 1 aromatic rings. The van der Waals surface area contributed by atoms with Gasteiger partial charge in [-0.2, -0.15) is 8.78 Å². The number of allylic oxidation sites excluding steroid dienone is 1. The zero-order chi connectivity index (χ0) is 21.4. The summed E-state index contributed by atoms with van der Waals surface area (Å²) in [6, 6.07) is 6.42. The molecular weight excluding hydrogens is 372 g/mol. The molecule has 29 heavy (non-hydrogen) atoms. The Hall–Kier alpha value is -1.95. The van der Waals surface area contributed by atoms with Crippen molar-refractivity contribution in [1.82, 2.24) is 4.90 Å². The van der Waals surface area contributed by atoms with Gasteiger partial charge in [-0.25, -0.2) is 0 Å². The van der Waals surface area contributed by atoms with Crippen LogP contribution in [0.1, 0.15) is 47.0 Å². The summed E-state index contributed by atoms with van der Waals surface area (Å²) in [4.78, 5) is 6.96. The predicted octanol–water partition coefficient (Wildman–Crippen LogP) is 5.62. The molecule has 0 radical (unpaired) electrons. The highest BCUT2D eigenvalue weighted by atomic mass is 19.3. The first-order chi connectivity index (χ1) is 13.8. The first-order valence-electron chi connectivity index (χ1n) is 10.6. The van der Waals surface area contributed by atoms with Crippen LogP contribution in [0.25, 0.3) is 0 Å². The monoisotopic (exact) mass is 407 g/mol. The Labute approximate surface area is 173 Å². The van der Waals surface area contributed by atoms with Gasteiger partial charge >= 0.3 is 6.11 Å². The minimum absolute atomic E-state index is 0.138. The van der Waals surface area contributed by atoms with E-state index in [0.29, 0.717) is 11.6 Å². The molecule has 0 bridgehead atoms. The molecule has 1 aliphatic heterocycles. The van der Waals surface area contributed by atoms with Gasteiger partial charge in [-0.15, -0.1) is 0 Å². The van der Waals surface area contributed by atoms with Crippen LogP contribution in [0.4, 0.5) is 14.5 Å². The Balaban J connectivity index is 1.95. The number of alkyl halides is 2. The topological polar surface area (TPSA) is 50.8 Å². The van der Waals surface area contributed by atoms with Crippen molar-refractivity contribution in [2.45, 2.75) is 53.1 Å². The molecular formula is C23H35F2N3O. The highest BCUT2D eigenvalue weighted by Crippen LogP contribution is 2.33. The van der Waals surface area contributed by atoms with E-state index in [2.05, 4.69) is 16.8 Å². The molecule has 1 heterocycles. The highest BCUT2D eigenvalue weighted by molar-refractivity contribution is 5.81. The first kappa shape index (κ1) is 23.3. The summed E-state index contributed by atoms with van der Waals surface area (Å²) in [5, 5.41) is 0. The lowest BCUT2D eigenvalue weighted by molar-refractivity contribution is -0.220. The standard InChI is InChI=1S/C23H35F2N3O/c1-5-12-28-13-10-19(11-14-28)20(15-26)16-27-21-6-8-22(9-7-21)29-23(24,25)18(4)17(2)3/h6-9,15-19H,5,10-14,26H2,1-4H3/b20-15+,27-16?. The third-order valence-electron chi connectivity index (χ3n) is 5.77. The summed E-state index contributed by atoms with van der Waals surface area (Å²) in [6.07, 6.45) is 3.55. The molecule has 2 rings (SSSR count). The summed E-state index contributed by atoms with van der Waals surface area (Å²) in [5.41, 5.74) is 7.54. The summed E-state index contributed by atoms with van der Waals surface area (Å²) in [5.74, 6) is -0.500. The molecule has 162 valence electrons. The Morgan fingerprint density at radius 2 is 1.86 bits per heavy atom. The summed E-state index contributed by atoms with van der Waals surface area (Å²) < 4.78 is 33.2. The maximum absolute atomic E-state index is 14.2. The normalized spacial score (nSPS) is 18.5. The Kier molecular flexibility index (Phi) is 8.62.